The molecule has 2 heterocycles. The van der Waals surface area contributed by atoms with Gasteiger partial charge in [0.15, 0.2) is 0 Å². The molecule has 6 nitrogen and oxygen atoms in total. The molecule has 2 N–H and O–H groups in total. The van der Waals surface area contributed by atoms with Gasteiger partial charge in [-0.15, -0.1) is 11.3 Å². The van der Waals surface area contributed by atoms with Crippen molar-refractivity contribution < 1.29 is 9.59 Å². The van der Waals surface area contributed by atoms with Crippen molar-refractivity contribution in [2.45, 2.75) is 6.54 Å². The van der Waals surface area contributed by atoms with Gasteiger partial charge in [0.05, 0.1) is 10.6 Å². The van der Waals surface area contributed by atoms with E-state index in [1.807, 2.05) is 70.9 Å². The van der Waals surface area contributed by atoms with E-state index in [0.717, 1.165) is 27.4 Å². The fourth-order valence-electron chi connectivity index (χ4n) is 3.16. The minimum absolute atomic E-state index is 0.138. The molecule has 0 spiro atoms. The zero-order chi connectivity index (χ0) is 22.3. The normalized spacial score (nSPS) is 10.9. The summed E-state index contributed by atoms with van der Waals surface area (Å²) < 4.78 is 1.82. The molecule has 32 heavy (non-hydrogen) atoms. The second-order valence-electron chi connectivity index (χ2n) is 7.02. The SMILES string of the molecule is CNC(=O)c1ccc(CNC(=O)/C=C/c2cn(-c3ccccc3)nc2-c2cccs2)cc1. The average Bonchev–Trinajstić information content (AvgIpc) is 3.52. The lowest BCUT2D eigenvalue weighted by Gasteiger charge is -2.04. The number of hydrogen-bond acceptors (Lipinski definition) is 4. The number of benzene rings is 2. The van der Waals surface area contributed by atoms with Crippen LogP contribution in [0.5, 0.6) is 0 Å². The largest absolute Gasteiger partial charge is 0.355 e. The molecule has 160 valence electrons. The van der Waals surface area contributed by atoms with E-state index in [0.29, 0.717) is 12.1 Å². The third-order valence-electron chi connectivity index (χ3n) is 4.84. The second-order valence-corrected chi connectivity index (χ2v) is 7.97. The molecule has 0 unspecified atom stereocenters. The van der Waals surface area contributed by atoms with Crippen LogP contribution in [0.25, 0.3) is 22.3 Å². The van der Waals surface area contributed by atoms with Crippen molar-refractivity contribution in [3.63, 3.8) is 0 Å². The van der Waals surface area contributed by atoms with Gasteiger partial charge in [0.1, 0.15) is 5.69 Å². The fourth-order valence-corrected chi connectivity index (χ4v) is 3.89. The summed E-state index contributed by atoms with van der Waals surface area (Å²) in [5.74, 6) is -0.342. The van der Waals surface area contributed by atoms with E-state index in [2.05, 4.69) is 10.6 Å². The van der Waals surface area contributed by atoms with Crippen molar-refractivity contribution in [2.75, 3.05) is 7.05 Å². The molecule has 4 rings (SSSR count). The van der Waals surface area contributed by atoms with Crippen LogP contribution in [0.4, 0.5) is 0 Å². The van der Waals surface area contributed by atoms with Crippen LogP contribution >= 0.6 is 11.3 Å². The standard InChI is InChI=1S/C25H22N4O2S/c1-26-25(31)19-11-9-18(10-12-19)16-27-23(30)14-13-20-17-29(21-6-3-2-4-7-21)28-24(20)22-8-5-15-32-22/h2-15,17H,16H2,1H3,(H,26,31)(H,27,30)/b14-13+. The van der Waals surface area contributed by atoms with Crippen molar-refractivity contribution in [3.05, 3.63) is 101 Å². The van der Waals surface area contributed by atoms with Crippen molar-refractivity contribution in [1.29, 1.82) is 0 Å². The van der Waals surface area contributed by atoms with Crippen molar-refractivity contribution in [2.24, 2.45) is 0 Å². The van der Waals surface area contributed by atoms with Gasteiger partial charge in [-0.3, -0.25) is 9.59 Å². The molecule has 0 aliphatic carbocycles. The first kappa shape index (κ1) is 21.3. The van der Waals surface area contributed by atoms with Crippen LogP contribution in [-0.2, 0) is 11.3 Å². The van der Waals surface area contributed by atoms with Gasteiger partial charge < -0.3 is 10.6 Å². The van der Waals surface area contributed by atoms with Crippen LogP contribution in [0.15, 0.2) is 84.4 Å². The zero-order valence-electron chi connectivity index (χ0n) is 17.5. The van der Waals surface area contributed by atoms with Gasteiger partial charge in [-0.2, -0.15) is 5.10 Å². The predicted octanol–water partition coefficient (Wildman–Crippen LogP) is 4.29. The van der Waals surface area contributed by atoms with Crippen molar-refractivity contribution >= 4 is 29.2 Å². The first-order valence-corrected chi connectivity index (χ1v) is 11.0. The molecule has 0 aliphatic heterocycles. The molecule has 2 aromatic heterocycles. The van der Waals surface area contributed by atoms with Gasteiger partial charge in [0.25, 0.3) is 5.91 Å². The number of nitrogens with one attached hydrogen (secondary N) is 2. The highest BCUT2D eigenvalue weighted by molar-refractivity contribution is 7.13. The predicted molar refractivity (Wildman–Crippen MR) is 128 cm³/mol. The maximum Gasteiger partial charge on any atom is 0.251 e. The Bertz CT molecular complexity index is 1230. The molecule has 0 radical (unpaired) electrons. The van der Waals surface area contributed by atoms with Gasteiger partial charge in [-0.05, 0) is 47.4 Å². The summed E-state index contributed by atoms with van der Waals surface area (Å²) in [5.41, 5.74) is 4.14. The molecule has 0 fully saturated rings. The molecular weight excluding hydrogens is 420 g/mol. The summed E-state index contributed by atoms with van der Waals surface area (Å²) in [6, 6.07) is 21.0. The van der Waals surface area contributed by atoms with E-state index in [-0.39, 0.29) is 11.8 Å². The summed E-state index contributed by atoms with van der Waals surface area (Å²) in [5, 5.41) is 12.2. The minimum Gasteiger partial charge on any atom is -0.355 e. The highest BCUT2D eigenvalue weighted by Crippen LogP contribution is 2.28. The highest BCUT2D eigenvalue weighted by Gasteiger charge is 2.11. The van der Waals surface area contributed by atoms with Gasteiger partial charge in [0.2, 0.25) is 5.91 Å². The number of carbonyl (C=O) groups is 2. The Morgan fingerprint density at radius 3 is 2.50 bits per heavy atom. The molecular formula is C25H22N4O2S. The summed E-state index contributed by atoms with van der Waals surface area (Å²) in [6.07, 6.45) is 5.22. The Labute approximate surface area is 190 Å². The van der Waals surface area contributed by atoms with Crippen LogP contribution in [-0.4, -0.2) is 28.6 Å². The lowest BCUT2D eigenvalue weighted by molar-refractivity contribution is -0.116. The number of nitrogens with zero attached hydrogens (tertiary/aromatic N) is 2. The van der Waals surface area contributed by atoms with Crippen LogP contribution in [0.2, 0.25) is 0 Å². The first-order valence-electron chi connectivity index (χ1n) is 10.1. The van der Waals surface area contributed by atoms with Gasteiger partial charge in [-0.25, -0.2) is 4.68 Å². The number of rotatable bonds is 7. The topological polar surface area (TPSA) is 76.0 Å². The zero-order valence-corrected chi connectivity index (χ0v) is 18.3. The number of aromatic nitrogens is 2. The third-order valence-corrected chi connectivity index (χ3v) is 5.72. The second kappa shape index (κ2) is 9.89. The number of thiophene rings is 1. The molecule has 4 aromatic rings. The van der Waals surface area contributed by atoms with Gasteiger partial charge in [-0.1, -0.05) is 36.4 Å². The highest BCUT2D eigenvalue weighted by atomic mass is 32.1. The van der Waals surface area contributed by atoms with Gasteiger partial charge in [0, 0.05) is 37.0 Å². The maximum absolute atomic E-state index is 12.4. The Kier molecular flexibility index (Phi) is 6.57. The maximum atomic E-state index is 12.4. The summed E-state index contributed by atoms with van der Waals surface area (Å²) in [4.78, 5) is 25.1. The summed E-state index contributed by atoms with van der Waals surface area (Å²) >= 11 is 1.61. The Morgan fingerprint density at radius 1 is 1.03 bits per heavy atom. The number of hydrogen-bond donors (Lipinski definition) is 2. The molecule has 2 amide bonds. The van der Waals surface area contributed by atoms with E-state index in [4.69, 9.17) is 5.10 Å². The molecule has 2 aromatic carbocycles. The van der Waals surface area contributed by atoms with Crippen molar-refractivity contribution in [3.8, 4) is 16.3 Å². The van der Waals surface area contributed by atoms with Crippen LogP contribution < -0.4 is 10.6 Å². The number of amides is 2. The van der Waals surface area contributed by atoms with Crippen LogP contribution in [0.1, 0.15) is 21.5 Å². The van der Waals surface area contributed by atoms with E-state index in [1.165, 1.54) is 6.08 Å². The molecule has 0 bridgehead atoms. The van der Waals surface area contributed by atoms with E-state index in [9.17, 15) is 9.59 Å². The average molecular weight is 443 g/mol. The quantitative estimate of drug-likeness (QED) is 0.419. The van der Waals surface area contributed by atoms with E-state index in [1.54, 1.807) is 36.6 Å². The van der Waals surface area contributed by atoms with E-state index >= 15 is 0 Å². The first-order chi connectivity index (χ1) is 15.6. The Hall–Kier alpha value is -3.97. The Morgan fingerprint density at radius 2 is 1.81 bits per heavy atom. The van der Waals surface area contributed by atoms with Gasteiger partial charge >= 0.3 is 0 Å². The lowest BCUT2D eigenvalue weighted by atomic mass is 10.1. The minimum atomic E-state index is -0.204. The monoisotopic (exact) mass is 442 g/mol. The Balaban J connectivity index is 1.47. The molecule has 0 aliphatic rings. The number of carbonyl (C=O) groups excluding carboxylic acids is 2. The third kappa shape index (κ3) is 5.01. The molecule has 0 saturated heterocycles. The summed E-state index contributed by atoms with van der Waals surface area (Å²) in [7, 11) is 1.59. The number of para-hydroxylation sites is 1. The smallest absolute Gasteiger partial charge is 0.251 e. The van der Waals surface area contributed by atoms with Crippen LogP contribution in [0, 0.1) is 0 Å². The van der Waals surface area contributed by atoms with E-state index < -0.39 is 0 Å². The van der Waals surface area contributed by atoms with Crippen LogP contribution in [0.3, 0.4) is 0 Å². The van der Waals surface area contributed by atoms with Crippen molar-refractivity contribution in [1.82, 2.24) is 20.4 Å². The lowest BCUT2D eigenvalue weighted by Crippen LogP contribution is -2.20. The fraction of sp³-hybridized carbons (Fsp3) is 0.0800. The molecule has 0 saturated carbocycles. The molecule has 0 atom stereocenters. The molecule has 7 heteroatoms. The summed E-state index contributed by atoms with van der Waals surface area (Å²) in [6.45, 7) is 0.373.